The fraction of sp³-hybridized carbons (Fsp3) is 0.706. The molecule has 1 heterocycles. The first-order valence-corrected chi connectivity index (χ1v) is 8.67. The molecule has 1 unspecified atom stereocenters. The SMILES string of the molecule is CNC(Cc1ccc(Br)cn1)C1CCC(C(C)C)CC1. The molecule has 0 radical (unpaired) electrons. The highest BCUT2D eigenvalue weighted by Crippen LogP contribution is 2.35. The monoisotopic (exact) mass is 338 g/mol. The first-order chi connectivity index (χ1) is 9.60. The van der Waals surface area contributed by atoms with E-state index in [0.717, 1.165) is 28.6 Å². The smallest absolute Gasteiger partial charge is 0.0420 e. The Bertz CT molecular complexity index is 394. The standard InChI is InChI=1S/C17H27BrN2/c1-12(2)13-4-6-14(7-5-13)17(19-3)10-16-9-8-15(18)11-20-16/h8-9,11-14,17,19H,4-7,10H2,1-3H3. The van der Waals surface area contributed by atoms with Gasteiger partial charge in [0, 0.05) is 28.8 Å². The van der Waals surface area contributed by atoms with E-state index >= 15 is 0 Å². The third kappa shape index (κ3) is 4.29. The van der Waals surface area contributed by atoms with Gasteiger partial charge < -0.3 is 5.32 Å². The molecule has 0 bridgehead atoms. The van der Waals surface area contributed by atoms with Gasteiger partial charge in [-0.2, -0.15) is 0 Å². The molecule has 2 rings (SSSR count). The summed E-state index contributed by atoms with van der Waals surface area (Å²) in [6.07, 6.45) is 8.47. The van der Waals surface area contributed by atoms with E-state index in [2.05, 4.69) is 59.3 Å². The Labute approximate surface area is 131 Å². The Kier molecular flexibility index (Phi) is 6.03. The zero-order valence-corrected chi connectivity index (χ0v) is 14.5. The molecule has 0 spiro atoms. The number of hydrogen-bond acceptors (Lipinski definition) is 2. The Morgan fingerprint density at radius 1 is 1.20 bits per heavy atom. The van der Waals surface area contributed by atoms with E-state index in [-0.39, 0.29) is 0 Å². The molecule has 0 saturated heterocycles. The van der Waals surface area contributed by atoms with E-state index in [1.165, 1.54) is 31.4 Å². The van der Waals surface area contributed by atoms with Gasteiger partial charge in [0.05, 0.1) is 0 Å². The lowest BCUT2D eigenvalue weighted by atomic mass is 9.74. The van der Waals surface area contributed by atoms with E-state index in [9.17, 15) is 0 Å². The van der Waals surface area contributed by atoms with E-state index in [4.69, 9.17) is 0 Å². The van der Waals surface area contributed by atoms with Crippen LogP contribution in [0.25, 0.3) is 0 Å². The van der Waals surface area contributed by atoms with Gasteiger partial charge in [-0.25, -0.2) is 0 Å². The minimum absolute atomic E-state index is 0.566. The molecule has 3 heteroatoms. The third-order valence-corrected chi connectivity index (χ3v) is 5.39. The van der Waals surface area contributed by atoms with Gasteiger partial charge in [0.25, 0.3) is 0 Å². The average Bonchev–Trinajstić information content (AvgIpc) is 2.47. The Morgan fingerprint density at radius 2 is 1.85 bits per heavy atom. The fourth-order valence-corrected chi connectivity index (χ4v) is 3.71. The van der Waals surface area contributed by atoms with Crippen molar-refractivity contribution < 1.29 is 0 Å². The number of hydrogen-bond donors (Lipinski definition) is 1. The molecule has 2 nitrogen and oxygen atoms in total. The van der Waals surface area contributed by atoms with Gasteiger partial charge in [-0.15, -0.1) is 0 Å². The predicted octanol–water partition coefficient (Wildman–Crippen LogP) is 4.44. The molecule has 1 fully saturated rings. The quantitative estimate of drug-likeness (QED) is 0.858. The van der Waals surface area contributed by atoms with Crippen LogP contribution in [0.1, 0.15) is 45.2 Å². The lowest BCUT2D eigenvalue weighted by Crippen LogP contribution is -2.38. The molecule has 1 N–H and O–H groups in total. The van der Waals surface area contributed by atoms with Gasteiger partial charge in [0.1, 0.15) is 0 Å². The largest absolute Gasteiger partial charge is 0.316 e. The van der Waals surface area contributed by atoms with Crippen molar-refractivity contribution in [3.8, 4) is 0 Å². The summed E-state index contributed by atoms with van der Waals surface area (Å²) in [7, 11) is 2.10. The lowest BCUT2D eigenvalue weighted by Gasteiger charge is -2.35. The van der Waals surface area contributed by atoms with Crippen molar-refractivity contribution in [2.45, 2.75) is 52.0 Å². The molecule has 1 aliphatic carbocycles. The van der Waals surface area contributed by atoms with Crippen molar-refractivity contribution in [1.29, 1.82) is 0 Å². The minimum atomic E-state index is 0.566. The fourth-order valence-electron chi connectivity index (χ4n) is 3.47. The zero-order chi connectivity index (χ0) is 14.5. The number of nitrogens with zero attached hydrogens (tertiary/aromatic N) is 1. The summed E-state index contributed by atoms with van der Waals surface area (Å²) in [5, 5.41) is 3.53. The molecular weight excluding hydrogens is 312 g/mol. The Morgan fingerprint density at radius 3 is 2.35 bits per heavy atom. The summed E-state index contributed by atoms with van der Waals surface area (Å²) in [6, 6.07) is 4.79. The summed E-state index contributed by atoms with van der Waals surface area (Å²) in [5.74, 6) is 2.59. The number of likely N-dealkylation sites (N-methyl/N-ethyl adjacent to an activating group) is 1. The van der Waals surface area contributed by atoms with Gasteiger partial charge in [-0.05, 0) is 78.5 Å². The van der Waals surface area contributed by atoms with Crippen LogP contribution in [-0.4, -0.2) is 18.1 Å². The lowest BCUT2D eigenvalue weighted by molar-refractivity contribution is 0.191. The van der Waals surface area contributed by atoms with Crippen molar-refractivity contribution in [3.05, 3.63) is 28.5 Å². The van der Waals surface area contributed by atoms with Gasteiger partial charge in [-0.3, -0.25) is 4.98 Å². The normalized spacial score (nSPS) is 24.9. The van der Waals surface area contributed by atoms with Gasteiger partial charge >= 0.3 is 0 Å². The maximum Gasteiger partial charge on any atom is 0.0420 e. The van der Waals surface area contributed by atoms with E-state index in [1.54, 1.807) is 0 Å². The highest BCUT2D eigenvalue weighted by molar-refractivity contribution is 9.10. The van der Waals surface area contributed by atoms with Crippen LogP contribution in [-0.2, 0) is 6.42 Å². The molecule has 1 aliphatic rings. The first-order valence-electron chi connectivity index (χ1n) is 7.87. The van der Waals surface area contributed by atoms with Crippen LogP contribution in [0.5, 0.6) is 0 Å². The zero-order valence-electron chi connectivity index (χ0n) is 12.9. The number of nitrogens with one attached hydrogen (secondary N) is 1. The number of aromatic nitrogens is 1. The molecule has 1 aromatic rings. The van der Waals surface area contributed by atoms with Crippen molar-refractivity contribution in [3.63, 3.8) is 0 Å². The molecule has 0 aliphatic heterocycles. The second-order valence-electron chi connectivity index (χ2n) is 6.49. The van der Waals surface area contributed by atoms with E-state index in [0.29, 0.717) is 6.04 Å². The van der Waals surface area contributed by atoms with E-state index < -0.39 is 0 Å². The Hall–Kier alpha value is -0.410. The molecule has 1 saturated carbocycles. The van der Waals surface area contributed by atoms with E-state index in [1.807, 2.05) is 6.20 Å². The first kappa shape index (κ1) is 16.0. The van der Waals surface area contributed by atoms with Crippen LogP contribution in [0, 0.1) is 17.8 Å². The van der Waals surface area contributed by atoms with Crippen molar-refractivity contribution >= 4 is 15.9 Å². The molecule has 1 aromatic heterocycles. The molecule has 112 valence electrons. The second kappa shape index (κ2) is 7.56. The summed E-state index contributed by atoms with van der Waals surface area (Å²) in [6.45, 7) is 4.73. The van der Waals surface area contributed by atoms with Crippen molar-refractivity contribution in [1.82, 2.24) is 10.3 Å². The van der Waals surface area contributed by atoms with Crippen LogP contribution in [0.2, 0.25) is 0 Å². The second-order valence-corrected chi connectivity index (χ2v) is 7.40. The predicted molar refractivity (Wildman–Crippen MR) is 88.8 cm³/mol. The van der Waals surface area contributed by atoms with Crippen LogP contribution in [0.3, 0.4) is 0 Å². The summed E-state index contributed by atoms with van der Waals surface area (Å²) in [4.78, 5) is 4.52. The topological polar surface area (TPSA) is 24.9 Å². The van der Waals surface area contributed by atoms with Gasteiger partial charge in [0.15, 0.2) is 0 Å². The average molecular weight is 339 g/mol. The molecule has 20 heavy (non-hydrogen) atoms. The third-order valence-electron chi connectivity index (χ3n) is 4.92. The maximum atomic E-state index is 4.52. The molecule has 1 atom stereocenters. The minimum Gasteiger partial charge on any atom is -0.316 e. The Balaban J connectivity index is 1.91. The molecule has 0 aromatic carbocycles. The maximum absolute atomic E-state index is 4.52. The van der Waals surface area contributed by atoms with Crippen LogP contribution >= 0.6 is 15.9 Å². The van der Waals surface area contributed by atoms with Crippen molar-refractivity contribution in [2.75, 3.05) is 7.05 Å². The highest BCUT2D eigenvalue weighted by Gasteiger charge is 2.28. The highest BCUT2D eigenvalue weighted by atomic mass is 79.9. The van der Waals surface area contributed by atoms with Gasteiger partial charge in [-0.1, -0.05) is 13.8 Å². The summed E-state index contributed by atoms with van der Waals surface area (Å²) in [5.41, 5.74) is 1.19. The van der Waals surface area contributed by atoms with Crippen molar-refractivity contribution in [2.24, 2.45) is 17.8 Å². The van der Waals surface area contributed by atoms with Crippen LogP contribution in [0.15, 0.2) is 22.8 Å². The molecule has 0 amide bonds. The summed E-state index contributed by atoms with van der Waals surface area (Å²) >= 11 is 3.45. The van der Waals surface area contributed by atoms with Crippen LogP contribution in [0.4, 0.5) is 0 Å². The number of pyridine rings is 1. The molecular formula is C17H27BrN2. The number of rotatable bonds is 5. The van der Waals surface area contributed by atoms with Gasteiger partial charge in [0.2, 0.25) is 0 Å². The number of halogens is 1. The summed E-state index contributed by atoms with van der Waals surface area (Å²) < 4.78 is 1.06. The van der Waals surface area contributed by atoms with Crippen LogP contribution < -0.4 is 5.32 Å².